The number of ether oxygens (including phenoxy) is 1. The fourth-order valence-corrected chi connectivity index (χ4v) is 2.54. The number of nitrogens with zero attached hydrogens (tertiary/aromatic N) is 2. The van der Waals surface area contributed by atoms with Crippen LogP contribution in [-0.2, 0) is 9.53 Å². The van der Waals surface area contributed by atoms with E-state index in [2.05, 4.69) is 0 Å². The molecule has 2 rings (SSSR count). The van der Waals surface area contributed by atoms with E-state index < -0.39 is 5.60 Å². The average molecular weight is 268 g/mol. The van der Waals surface area contributed by atoms with Crippen LogP contribution in [0.1, 0.15) is 41.0 Å². The summed E-state index contributed by atoms with van der Waals surface area (Å²) < 4.78 is 5.40. The van der Waals surface area contributed by atoms with Crippen molar-refractivity contribution in [2.45, 2.75) is 58.7 Å². The summed E-state index contributed by atoms with van der Waals surface area (Å²) in [7, 11) is 0. The lowest BCUT2D eigenvalue weighted by atomic mass is 10.1. The summed E-state index contributed by atoms with van der Waals surface area (Å²) in [6.07, 6.45) is 0.634. The Hall–Kier alpha value is -1.26. The van der Waals surface area contributed by atoms with Gasteiger partial charge in [-0.15, -0.1) is 0 Å². The van der Waals surface area contributed by atoms with Crippen molar-refractivity contribution in [3.8, 4) is 0 Å². The molecule has 108 valence electrons. The molecule has 5 heteroatoms. The van der Waals surface area contributed by atoms with Gasteiger partial charge in [-0.3, -0.25) is 4.79 Å². The van der Waals surface area contributed by atoms with Crippen molar-refractivity contribution in [1.29, 1.82) is 0 Å². The molecule has 2 atom stereocenters. The van der Waals surface area contributed by atoms with Gasteiger partial charge in [0.05, 0.1) is 12.1 Å². The zero-order chi connectivity index (χ0) is 14.4. The van der Waals surface area contributed by atoms with E-state index in [-0.39, 0.29) is 30.0 Å². The standard InChI is InChI=1S/C14H24N2O3/c1-9(2)12(17)15-6-7-16(11-8-10(11)15)13(18)19-14(3,4)5/h9-11H,6-8H2,1-5H3. The zero-order valence-corrected chi connectivity index (χ0v) is 12.5. The summed E-state index contributed by atoms with van der Waals surface area (Å²) in [6.45, 7) is 10.6. The van der Waals surface area contributed by atoms with E-state index in [9.17, 15) is 9.59 Å². The van der Waals surface area contributed by atoms with Crippen LogP contribution in [0.4, 0.5) is 4.79 Å². The third-order valence-electron chi connectivity index (χ3n) is 3.51. The van der Waals surface area contributed by atoms with Crippen molar-refractivity contribution in [2.75, 3.05) is 13.1 Å². The maximum Gasteiger partial charge on any atom is 0.410 e. The quantitative estimate of drug-likeness (QED) is 0.729. The van der Waals surface area contributed by atoms with Crippen LogP contribution in [0, 0.1) is 5.92 Å². The van der Waals surface area contributed by atoms with Gasteiger partial charge in [0.1, 0.15) is 5.60 Å². The molecule has 2 fully saturated rings. The molecule has 1 saturated carbocycles. The lowest BCUT2D eigenvalue weighted by Gasteiger charge is -2.35. The van der Waals surface area contributed by atoms with Crippen LogP contribution in [0.2, 0.25) is 0 Å². The van der Waals surface area contributed by atoms with E-state index in [1.165, 1.54) is 0 Å². The Labute approximate surface area is 114 Å². The Kier molecular flexibility index (Phi) is 3.49. The van der Waals surface area contributed by atoms with Gasteiger partial charge in [0.15, 0.2) is 0 Å². The van der Waals surface area contributed by atoms with Crippen molar-refractivity contribution >= 4 is 12.0 Å². The first-order valence-corrected chi connectivity index (χ1v) is 7.01. The monoisotopic (exact) mass is 268 g/mol. The van der Waals surface area contributed by atoms with Crippen LogP contribution in [0.25, 0.3) is 0 Å². The van der Waals surface area contributed by atoms with Gasteiger partial charge in [0.25, 0.3) is 0 Å². The van der Waals surface area contributed by atoms with Crippen LogP contribution in [0.5, 0.6) is 0 Å². The van der Waals surface area contributed by atoms with Crippen molar-refractivity contribution in [3.05, 3.63) is 0 Å². The minimum Gasteiger partial charge on any atom is -0.444 e. The van der Waals surface area contributed by atoms with Crippen LogP contribution in [-0.4, -0.2) is 52.6 Å². The summed E-state index contributed by atoms with van der Waals surface area (Å²) >= 11 is 0. The number of hydrogen-bond donors (Lipinski definition) is 0. The molecule has 0 aromatic rings. The average Bonchev–Trinajstić information content (AvgIpc) is 3.03. The lowest BCUT2D eigenvalue weighted by molar-refractivity contribution is -0.136. The van der Waals surface area contributed by atoms with E-state index in [1.54, 1.807) is 4.90 Å². The summed E-state index contributed by atoms with van der Waals surface area (Å²) in [5.41, 5.74) is -0.466. The number of carbonyl (C=O) groups excluding carboxylic acids is 2. The largest absolute Gasteiger partial charge is 0.444 e. The molecule has 1 aliphatic heterocycles. The fraction of sp³-hybridized carbons (Fsp3) is 0.857. The van der Waals surface area contributed by atoms with Crippen LogP contribution >= 0.6 is 0 Å². The SMILES string of the molecule is CC(C)C(=O)N1CCN(C(=O)OC(C)(C)C)C2CC21. The number of carbonyl (C=O) groups is 2. The van der Waals surface area contributed by atoms with E-state index in [0.29, 0.717) is 13.1 Å². The predicted molar refractivity (Wildman–Crippen MR) is 71.7 cm³/mol. The highest BCUT2D eigenvalue weighted by Crippen LogP contribution is 2.38. The highest BCUT2D eigenvalue weighted by atomic mass is 16.6. The second-order valence-electron chi connectivity index (χ2n) is 6.73. The molecule has 0 bridgehead atoms. The van der Waals surface area contributed by atoms with Gasteiger partial charge in [0, 0.05) is 19.0 Å². The van der Waals surface area contributed by atoms with E-state index in [1.807, 2.05) is 39.5 Å². The maximum absolute atomic E-state index is 12.1. The minimum absolute atomic E-state index is 0.0225. The molecule has 2 unspecified atom stereocenters. The minimum atomic E-state index is -0.466. The van der Waals surface area contributed by atoms with Crippen molar-refractivity contribution in [3.63, 3.8) is 0 Å². The van der Waals surface area contributed by atoms with Crippen molar-refractivity contribution in [1.82, 2.24) is 9.80 Å². The summed E-state index contributed by atoms with van der Waals surface area (Å²) in [4.78, 5) is 27.8. The van der Waals surface area contributed by atoms with Crippen LogP contribution in [0.15, 0.2) is 0 Å². The normalized spacial score (nSPS) is 26.2. The molecule has 2 aliphatic rings. The molecule has 1 saturated heterocycles. The number of hydrogen-bond acceptors (Lipinski definition) is 3. The second-order valence-corrected chi connectivity index (χ2v) is 6.73. The summed E-state index contributed by atoms with van der Waals surface area (Å²) in [6, 6.07) is 0.363. The maximum atomic E-state index is 12.1. The highest BCUT2D eigenvalue weighted by molar-refractivity contribution is 5.80. The Morgan fingerprint density at radius 2 is 1.63 bits per heavy atom. The van der Waals surface area contributed by atoms with Crippen LogP contribution in [0.3, 0.4) is 0 Å². The third kappa shape index (κ3) is 3.01. The summed E-state index contributed by atoms with van der Waals surface area (Å²) in [5.74, 6) is 0.214. The van der Waals surface area contributed by atoms with E-state index >= 15 is 0 Å². The molecule has 0 N–H and O–H groups in total. The van der Waals surface area contributed by atoms with Gasteiger partial charge in [-0.1, -0.05) is 13.8 Å². The number of fused-ring (bicyclic) bond motifs is 1. The number of amides is 2. The fourth-order valence-electron chi connectivity index (χ4n) is 2.54. The topological polar surface area (TPSA) is 49.9 Å². The van der Waals surface area contributed by atoms with Gasteiger partial charge >= 0.3 is 6.09 Å². The van der Waals surface area contributed by atoms with Crippen molar-refractivity contribution < 1.29 is 14.3 Å². The number of piperazine rings is 1. The molecule has 0 aromatic carbocycles. The predicted octanol–water partition coefficient (Wildman–Crippen LogP) is 1.86. The Morgan fingerprint density at radius 1 is 1.11 bits per heavy atom. The molecule has 0 radical (unpaired) electrons. The van der Waals surface area contributed by atoms with Gasteiger partial charge in [0.2, 0.25) is 5.91 Å². The van der Waals surface area contributed by atoms with Crippen molar-refractivity contribution in [2.24, 2.45) is 5.92 Å². The van der Waals surface area contributed by atoms with Gasteiger partial charge in [-0.25, -0.2) is 4.79 Å². The number of rotatable bonds is 1. The second kappa shape index (κ2) is 4.69. The molecule has 5 nitrogen and oxygen atoms in total. The summed E-state index contributed by atoms with van der Waals surface area (Å²) in [5, 5.41) is 0. The lowest BCUT2D eigenvalue weighted by Crippen LogP contribution is -2.52. The van der Waals surface area contributed by atoms with Gasteiger partial charge < -0.3 is 14.5 Å². The molecule has 0 spiro atoms. The first-order chi connectivity index (χ1) is 8.70. The Balaban J connectivity index is 1.95. The van der Waals surface area contributed by atoms with Gasteiger partial charge in [-0.05, 0) is 27.2 Å². The first kappa shape index (κ1) is 14.2. The molecule has 19 heavy (non-hydrogen) atoms. The smallest absolute Gasteiger partial charge is 0.410 e. The van der Waals surface area contributed by atoms with E-state index in [4.69, 9.17) is 4.74 Å². The molecule has 1 aliphatic carbocycles. The molecule has 2 amide bonds. The Bertz CT molecular complexity index is 387. The van der Waals surface area contributed by atoms with Gasteiger partial charge in [-0.2, -0.15) is 0 Å². The first-order valence-electron chi connectivity index (χ1n) is 7.01. The zero-order valence-electron chi connectivity index (χ0n) is 12.5. The molecule has 0 aromatic heterocycles. The van der Waals surface area contributed by atoms with E-state index in [0.717, 1.165) is 6.42 Å². The molecular formula is C14H24N2O3. The highest BCUT2D eigenvalue weighted by Gasteiger charge is 2.53. The van der Waals surface area contributed by atoms with Crippen LogP contribution < -0.4 is 0 Å². The third-order valence-corrected chi connectivity index (χ3v) is 3.51. The molecule has 1 heterocycles. The Morgan fingerprint density at radius 3 is 2.16 bits per heavy atom. The molecular weight excluding hydrogens is 244 g/mol.